The van der Waals surface area contributed by atoms with Crippen molar-refractivity contribution in [2.24, 2.45) is 0 Å². The quantitative estimate of drug-likeness (QED) is 0.562. The van der Waals surface area contributed by atoms with Crippen molar-refractivity contribution in [1.82, 2.24) is 4.31 Å². The molecule has 1 amide bonds. The second-order valence-electron chi connectivity index (χ2n) is 8.39. The van der Waals surface area contributed by atoms with Crippen molar-refractivity contribution in [3.63, 3.8) is 0 Å². The third-order valence-electron chi connectivity index (χ3n) is 6.34. The highest BCUT2D eigenvalue weighted by Gasteiger charge is 2.56. The molecule has 35 heavy (non-hydrogen) atoms. The standard InChI is InChI=1S/C24H22F2N2O6S/c1-2-9-27-21-7-6-18(14-19(21)24(23(27)29)33-11-12-34-24)35(30,31)28-10-3-4-17(28)15-32-22-8-5-16(25)13-20(22)26/h1,5-8,13-14,17H,3-4,9-12,15H2/t17-/m0/s1. The van der Waals surface area contributed by atoms with Crippen molar-refractivity contribution in [1.29, 1.82) is 0 Å². The number of carbonyl (C=O) groups excluding carboxylic acids is 1. The highest BCUT2D eigenvalue weighted by Crippen LogP contribution is 2.46. The van der Waals surface area contributed by atoms with Crippen LogP contribution in [0.3, 0.4) is 0 Å². The second kappa shape index (κ2) is 8.87. The molecule has 0 saturated carbocycles. The second-order valence-corrected chi connectivity index (χ2v) is 10.3. The lowest BCUT2D eigenvalue weighted by molar-refractivity contribution is -0.180. The first-order chi connectivity index (χ1) is 16.8. The minimum atomic E-state index is -4.01. The van der Waals surface area contributed by atoms with E-state index in [9.17, 15) is 22.0 Å². The summed E-state index contributed by atoms with van der Waals surface area (Å²) in [6.45, 7) is 0.490. The van der Waals surface area contributed by atoms with Crippen LogP contribution in [-0.2, 0) is 30.1 Å². The summed E-state index contributed by atoms with van der Waals surface area (Å²) in [7, 11) is -4.01. The molecule has 0 aromatic heterocycles. The molecule has 2 aromatic carbocycles. The summed E-state index contributed by atoms with van der Waals surface area (Å²) in [4.78, 5) is 14.4. The summed E-state index contributed by atoms with van der Waals surface area (Å²) in [5.41, 5.74) is 0.721. The van der Waals surface area contributed by atoms with Gasteiger partial charge < -0.3 is 14.2 Å². The Bertz CT molecular complexity index is 1320. The lowest BCUT2D eigenvalue weighted by Crippen LogP contribution is -2.41. The SMILES string of the molecule is C#CCN1C(=O)C2(OCCO2)c2cc(S(=O)(=O)N3CCC[C@H]3COc3ccc(F)cc3F)ccc21. The number of benzene rings is 2. The third-order valence-corrected chi connectivity index (χ3v) is 8.29. The van der Waals surface area contributed by atoms with E-state index in [0.717, 1.165) is 6.07 Å². The average Bonchev–Trinajstić information content (AvgIpc) is 3.56. The molecule has 11 heteroatoms. The summed E-state index contributed by atoms with van der Waals surface area (Å²) < 4.78 is 72.4. The number of fused-ring (bicyclic) bond motifs is 2. The fourth-order valence-corrected chi connectivity index (χ4v) is 6.43. The van der Waals surface area contributed by atoms with Crippen LogP contribution in [0.15, 0.2) is 41.3 Å². The van der Waals surface area contributed by atoms with Crippen molar-refractivity contribution in [3.8, 4) is 18.1 Å². The Hall–Kier alpha value is -3.04. The molecule has 2 aromatic rings. The molecule has 184 valence electrons. The third kappa shape index (κ3) is 3.87. The summed E-state index contributed by atoms with van der Waals surface area (Å²) >= 11 is 0. The number of sulfonamides is 1. The lowest BCUT2D eigenvalue weighted by Gasteiger charge is -2.25. The average molecular weight is 505 g/mol. The molecule has 0 bridgehead atoms. The molecule has 1 atom stereocenters. The van der Waals surface area contributed by atoms with E-state index in [0.29, 0.717) is 24.6 Å². The van der Waals surface area contributed by atoms with Crippen LogP contribution >= 0.6 is 0 Å². The Morgan fingerprint density at radius 2 is 1.94 bits per heavy atom. The van der Waals surface area contributed by atoms with Crippen molar-refractivity contribution in [2.75, 3.05) is 37.8 Å². The molecule has 0 aliphatic carbocycles. The van der Waals surface area contributed by atoms with Crippen LogP contribution in [0.1, 0.15) is 18.4 Å². The largest absolute Gasteiger partial charge is 0.489 e. The van der Waals surface area contributed by atoms with Crippen molar-refractivity contribution < 1.29 is 36.2 Å². The molecule has 5 rings (SSSR count). The summed E-state index contributed by atoms with van der Waals surface area (Å²) in [6, 6.07) is 6.71. The van der Waals surface area contributed by atoms with Crippen molar-refractivity contribution in [3.05, 3.63) is 53.6 Å². The van der Waals surface area contributed by atoms with E-state index in [1.165, 1.54) is 33.5 Å². The van der Waals surface area contributed by atoms with Crippen LogP contribution in [-0.4, -0.2) is 57.6 Å². The summed E-state index contributed by atoms with van der Waals surface area (Å²) in [6.07, 6.45) is 6.52. The molecule has 2 fully saturated rings. The Morgan fingerprint density at radius 3 is 2.66 bits per heavy atom. The smallest absolute Gasteiger partial charge is 0.293 e. The zero-order valence-electron chi connectivity index (χ0n) is 18.6. The molecule has 0 radical (unpaired) electrons. The van der Waals surface area contributed by atoms with Gasteiger partial charge >= 0.3 is 0 Å². The maximum Gasteiger partial charge on any atom is 0.293 e. The van der Waals surface area contributed by atoms with E-state index in [1.807, 2.05) is 0 Å². The predicted octanol–water partition coefficient (Wildman–Crippen LogP) is 2.38. The highest BCUT2D eigenvalue weighted by molar-refractivity contribution is 7.89. The van der Waals surface area contributed by atoms with Crippen LogP contribution < -0.4 is 9.64 Å². The van der Waals surface area contributed by atoms with Gasteiger partial charge in [0, 0.05) is 18.2 Å². The van der Waals surface area contributed by atoms with Gasteiger partial charge in [0.2, 0.25) is 10.0 Å². The zero-order valence-corrected chi connectivity index (χ0v) is 19.4. The first-order valence-corrected chi connectivity index (χ1v) is 12.5. The van der Waals surface area contributed by atoms with Gasteiger partial charge in [0.25, 0.3) is 11.7 Å². The molecule has 0 N–H and O–H groups in total. The number of ether oxygens (including phenoxy) is 3. The van der Waals surface area contributed by atoms with Crippen molar-refractivity contribution in [2.45, 2.75) is 29.6 Å². The van der Waals surface area contributed by atoms with Gasteiger partial charge in [-0.3, -0.25) is 9.69 Å². The number of carbonyl (C=O) groups is 1. The van der Waals surface area contributed by atoms with Gasteiger partial charge in [0.05, 0.1) is 36.4 Å². The number of hydrogen-bond donors (Lipinski definition) is 0. The number of halogens is 2. The normalized spacial score (nSPS) is 21.5. The number of rotatable bonds is 6. The molecular weight excluding hydrogens is 482 g/mol. The van der Waals surface area contributed by atoms with Crippen LogP contribution in [0.25, 0.3) is 0 Å². The fraction of sp³-hybridized carbons (Fsp3) is 0.375. The first kappa shape index (κ1) is 23.7. The lowest BCUT2D eigenvalue weighted by atomic mass is 10.1. The molecule has 3 aliphatic heterocycles. The van der Waals surface area contributed by atoms with Crippen LogP contribution in [0.5, 0.6) is 5.75 Å². The van der Waals surface area contributed by atoms with Gasteiger partial charge in [-0.1, -0.05) is 5.92 Å². The molecule has 1 spiro atoms. The molecule has 3 aliphatic rings. The topological polar surface area (TPSA) is 85.4 Å². The highest BCUT2D eigenvalue weighted by atomic mass is 32.2. The summed E-state index contributed by atoms with van der Waals surface area (Å²) in [5.74, 6) is -1.54. The summed E-state index contributed by atoms with van der Waals surface area (Å²) in [5, 5.41) is 0. The first-order valence-electron chi connectivity index (χ1n) is 11.1. The maximum atomic E-state index is 13.9. The van der Waals surface area contributed by atoms with E-state index in [-0.39, 0.29) is 49.1 Å². The Kier molecular flexibility index (Phi) is 6.01. The molecule has 8 nitrogen and oxygen atoms in total. The Morgan fingerprint density at radius 1 is 1.17 bits per heavy atom. The number of amides is 1. The predicted molar refractivity (Wildman–Crippen MR) is 120 cm³/mol. The van der Waals surface area contributed by atoms with Gasteiger partial charge in [-0.2, -0.15) is 4.31 Å². The van der Waals surface area contributed by atoms with E-state index in [1.54, 1.807) is 0 Å². The number of hydrogen-bond acceptors (Lipinski definition) is 6. The van der Waals surface area contributed by atoms with E-state index in [4.69, 9.17) is 20.6 Å². The number of anilines is 1. The Balaban J connectivity index is 1.43. The zero-order chi connectivity index (χ0) is 24.8. The Labute approximate surface area is 201 Å². The van der Waals surface area contributed by atoms with Crippen LogP contribution in [0.4, 0.5) is 14.5 Å². The monoisotopic (exact) mass is 504 g/mol. The molecule has 2 saturated heterocycles. The molecule has 0 unspecified atom stereocenters. The molecule has 3 heterocycles. The van der Waals surface area contributed by atoms with Crippen LogP contribution in [0, 0.1) is 24.0 Å². The van der Waals surface area contributed by atoms with Gasteiger partial charge in [-0.15, -0.1) is 6.42 Å². The van der Waals surface area contributed by atoms with Crippen LogP contribution in [0.2, 0.25) is 0 Å². The van der Waals surface area contributed by atoms with Crippen molar-refractivity contribution >= 4 is 21.6 Å². The fourth-order valence-electron chi connectivity index (χ4n) is 4.72. The van der Waals surface area contributed by atoms with Gasteiger partial charge in [-0.25, -0.2) is 17.2 Å². The van der Waals surface area contributed by atoms with Gasteiger partial charge in [0.15, 0.2) is 11.6 Å². The minimum Gasteiger partial charge on any atom is -0.489 e. The minimum absolute atomic E-state index is 0.0160. The van der Waals surface area contributed by atoms with Gasteiger partial charge in [-0.05, 0) is 43.2 Å². The van der Waals surface area contributed by atoms with E-state index in [2.05, 4.69) is 5.92 Å². The number of terminal acetylenes is 1. The maximum absolute atomic E-state index is 13.9. The van der Waals surface area contributed by atoms with Gasteiger partial charge in [0.1, 0.15) is 12.4 Å². The van der Waals surface area contributed by atoms with E-state index < -0.39 is 39.4 Å². The number of nitrogens with zero attached hydrogens (tertiary/aromatic N) is 2. The van der Waals surface area contributed by atoms with E-state index >= 15 is 0 Å². The molecular formula is C24H22F2N2O6S.